The topological polar surface area (TPSA) is 94.1 Å². The van der Waals surface area contributed by atoms with E-state index in [4.69, 9.17) is 0 Å². The van der Waals surface area contributed by atoms with E-state index in [1.54, 1.807) is 30.3 Å². The fourth-order valence-electron chi connectivity index (χ4n) is 2.69. The fraction of sp³-hybridized carbons (Fsp3) is 0.211. The molecule has 0 aliphatic heterocycles. The summed E-state index contributed by atoms with van der Waals surface area (Å²) in [6.45, 7) is 0.285. The quantitative estimate of drug-likeness (QED) is 0.488. The summed E-state index contributed by atoms with van der Waals surface area (Å²) in [5, 5.41) is 18.6. The number of likely N-dealkylation sites (N-methyl/N-ethyl adjacent to an activating group) is 1. The molecule has 3 aromatic rings. The number of anilines is 2. The molecule has 7 nitrogen and oxygen atoms in total. The van der Waals surface area contributed by atoms with E-state index in [-0.39, 0.29) is 28.8 Å². The molecule has 1 amide bonds. The minimum Gasteiger partial charge on any atom is -0.395 e. The number of aromatic amines is 1. The van der Waals surface area contributed by atoms with E-state index in [1.807, 2.05) is 0 Å². The van der Waals surface area contributed by atoms with Crippen LogP contribution in [0, 0.1) is 0 Å². The van der Waals surface area contributed by atoms with Crippen LogP contribution in [0.4, 0.5) is 24.7 Å². The number of thioether (sulfide) groups is 1. The van der Waals surface area contributed by atoms with Gasteiger partial charge in [-0.1, -0.05) is 0 Å². The zero-order chi connectivity index (χ0) is 21.7. The third kappa shape index (κ3) is 5.51. The maximum atomic E-state index is 12.6. The zero-order valence-electron chi connectivity index (χ0n) is 15.8. The Kier molecular flexibility index (Phi) is 6.63. The summed E-state index contributed by atoms with van der Waals surface area (Å²) in [6, 6.07) is 8.74. The number of aliphatic hydroxyl groups is 1. The fourth-order valence-corrected chi connectivity index (χ4v) is 3.23. The van der Waals surface area contributed by atoms with Crippen LogP contribution < -0.4 is 10.2 Å². The number of benzene rings is 1. The van der Waals surface area contributed by atoms with Crippen molar-refractivity contribution in [1.82, 2.24) is 15.2 Å². The molecule has 0 unspecified atom stereocenters. The number of halogens is 3. The van der Waals surface area contributed by atoms with Gasteiger partial charge in [0.25, 0.3) is 5.91 Å². The molecule has 0 saturated carbocycles. The van der Waals surface area contributed by atoms with Crippen LogP contribution in [0.15, 0.2) is 53.7 Å². The van der Waals surface area contributed by atoms with E-state index >= 15 is 0 Å². The SMILES string of the molecule is CN(CCO)c1ncc(C(=O)Nc2ccc(SC(F)(F)F)cc2)cc1-c1ccn[nH]1. The molecule has 30 heavy (non-hydrogen) atoms. The Labute approximate surface area is 174 Å². The maximum Gasteiger partial charge on any atom is 0.446 e. The highest BCUT2D eigenvalue weighted by molar-refractivity contribution is 8.00. The second-order valence-corrected chi connectivity index (χ2v) is 7.38. The summed E-state index contributed by atoms with van der Waals surface area (Å²) >= 11 is -0.221. The molecule has 158 valence electrons. The molecule has 0 spiro atoms. The molecule has 1 aromatic carbocycles. The number of carbonyl (C=O) groups is 1. The molecule has 0 bridgehead atoms. The van der Waals surface area contributed by atoms with Gasteiger partial charge in [-0.15, -0.1) is 0 Å². The Morgan fingerprint density at radius 2 is 2.00 bits per heavy atom. The van der Waals surface area contributed by atoms with Crippen LogP contribution in [0.5, 0.6) is 0 Å². The molecule has 0 aliphatic rings. The molecule has 2 heterocycles. The van der Waals surface area contributed by atoms with Gasteiger partial charge in [0.1, 0.15) is 5.82 Å². The van der Waals surface area contributed by atoms with Crippen molar-refractivity contribution in [2.45, 2.75) is 10.4 Å². The first-order chi connectivity index (χ1) is 14.3. The standard InChI is InChI=1S/C19H18F3N5O2S/c1-27(8-9-28)17-15(16-6-7-24-26-16)10-12(11-23-17)18(29)25-13-2-4-14(5-3-13)30-19(20,21)22/h2-7,10-11,28H,8-9H2,1H3,(H,24,26)(H,25,29). The summed E-state index contributed by atoms with van der Waals surface area (Å²) in [4.78, 5) is 18.8. The minimum absolute atomic E-state index is 0.0278. The summed E-state index contributed by atoms with van der Waals surface area (Å²) in [7, 11) is 1.76. The Balaban J connectivity index is 1.81. The first-order valence-electron chi connectivity index (χ1n) is 8.76. The number of carbonyl (C=O) groups excluding carboxylic acids is 1. The second kappa shape index (κ2) is 9.18. The van der Waals surface area contributed by atoms with Gasteiger partial charge in [0.2, 0.25) is 0 Å². The smallest absolute Gasteiger partial charge is 0.395 e. The summed E-state index contributed by atoms with van der Waals surface area (Å²) < 4.78 is 37.3. The normalized spacial score (nSPS) is 11.4. The van der Waals surface area contributed by atoms with Crippen molar-refractivity contribution < 1.29 is 23.1 Å². The zero-order valence-corrected chi connectivity index (χ0v) is 16.6. The van der Waals surface area contributed by atoms with Gasteiger partial charge in [-0.3, -0.25) is 9.89 Å². The highest BCUT2D eigenvalue weighted by atomic mass is 32.2. The number of aromatic nitrogens is 3. The lowest BCUT2D eigenvalue weighted by Gasteiger charge is -2.20. The number of aliphatic hydroxyl groups excluding tert-OH is 1. The molecule has 11 heteroatoms. The van der Waals surface area contributed by atoms with Gasteiger partial charge in [0.15, 0.2) is 0 Å². The van der Waals surface area contributed by atoms with Crippen molar-refractivity contribution in [3.63, 3.8) is 0 Å². The maximum absolute atomic E-state index is 12.6. The summed E-state index contributed by atoms with van der Waals surface area (Å²) in [5.41, 5.74) is -2.49. The predicted molar refractivity (Wildman–Crippen MR) is 108 cm³/mol. The van der Waals surface area contributed by atoms with Crippen LogP contribution in [0.1, 0.15) is 10.4 Å². The minimum atomic E-state index is -4.37. The molecule has 3 rings (SSSR count). The summed E-state index contributed by atoms with van der Waals surface area (Å²) in [6.07, 6.45) is 2.96. The first-order valence-corrected chi connectivity index (χ1v) is 9.57. The van der Waals surface area contributed by atoms with Gasteiger partial charge >= 0.3 is 5.51 Å². The van der Waals surface area contributed by atoms with Gasteiger partial charge in [0.05, 0.1) is 17.9 Å². The van der Waals surface area contributed by atoms with Crippen molar-refractivity contribution in [3.05, 3.63) is 54.4 Å². The van der Waals surface area contributed by atoms with Gasteiger partial charge in [-0.25, -0.2) is 4.98 Å². The van der Waals surface area contributed by atoms with Gasteiger partial charge < -0.3 is 15.3 Å². The predicted octanol–water partition coefficient (Wildman–Crippen LogP) is 3.76. The number of rotatable bonds is 7. The number of H-pyrrole nitrogens is 1. The largest absolute Gasteiger partial charge is 0.446 e. The van der Waals surface area contributed by atoms with Crippen molar-refractivity contribution in [2.24, 2.45) is 0 Å². The number of hydrogen-bond donors (Lipinski definition) is 3. The Morgan fingerprint density at radius 3 is 2.60 bits per heavy atom. The second-order valence-electron chi connectivity index (χ2n) is 6.24. The highest BCUT2D eigenvalue weighted by Crippen LogP contribution is 2.37. The molecule has 2 aromatic heterocycles. The van der Waals surface area contributed by atoms with Gasteiger partial charge in [-0.2, -0.15) is 18.3 Å². The monoisotopic (exact) mass is 437 g/mol. The molecule has 0 radical (unpaired) electrons. The number of pyridine rings is 1. The van der Waals surface area contributed by atoms with Crippen LogP contribution in [0.2, 0.25) is 0 Å². The van der Waals surface area contributed by atoms with Crippen LogP contribution >= 0.6 is 11.8 Å². The van der Waals surface area contributed by atoms with E-state index in [0.29, 0.717) is 29.3 Å². The number of nitrogens with zero attached hydrogens (tertiary/aromatic N) is 3. The van der Waals surface area contributed by atoms with Crippen LogP contribution in [-0.2, 0) is 0 Å². The number of hydrogen-bond acceptors (Lipinski definition) is 6. The lowest BCUT2D eigenvalue weighted by atomic mass is 10.1. The van der Waals surface area contributed by atoms with E-state index in [2.05, 4.69) is 20.5 Å². The van der Waals surface area contributed by atoms with Crippen LogP contribution in [0.3, 0.4) is 0 Å². The third-order valence-electron chi connectivity index (χ3n) is 4.06. The molecule has 0 saturated heterocycles. The van der Waals surface area contributed by atoms with E-state index in [0.717, 1.165) is 0 Å². The molecule has 0 aliphatic carbocycles. The molecule has 0 atom stereocenters. The number of nitrogens with one attached hydrogen (secondary N) is 2. The molecular formula is C19H18F3N5O2S. The average Bonchev–Trinajstić information content (AvgIpc) is 3.23. The van der Waals surface area contributed by atoms with Crippen molar-refractivity contribution in [1.29, 1.82) is 0 Å². The lowest BCUT2D eigenvalue weighted by molar-refractivity contribution is -0.0328. The van der Waals surface area contributed by atoms with Crippen molar-refractivity contribution >= 4 is 29.2 Å². The average molecular weight is 437 g/mol. The molecule has 0 fully saturated rings. The van der Waals surface area contributed by atoms with Crippen LogP contribution in [0.25, 0.3) is 11.3 Å². The van der Waals surface area contributed by atoms with E-state index in [1.165, 1.54) is 30.5 Å². The Bertz CT molecular complexity index is 994. The Morgan fingerprint density at radius 1 is 1.27 bits per heavy atom. The van der Waals surface area contributed by atoms with Crippen molar-refractivity contribution in [2.75, 3.05) is 30.4 Å². The van der Waals surface area contributed by atoms with E-state index < -0.39 is 11.4 Å². The van der Waals surface area contributed by atoms with Gasteiger partial charge in [-0.05, 0) is 48.2 Å². The third-order valence-corrected chi connectivity index (χ3v) is 4.80. The molecule has 3 N–H and O–H groups in total. The lowest BCUT2D eigenvalue weighted by Crippen LogP contribution is -2.23. The van der Waals surface area contributed by atoms with Crippen LogP contribution in [-0.4, -0.2) is 51.9 Å². The number of alkyl halides is 3. The highest BCUT2D eigenvalue weighted by Gasteiger charge is 2.29. The number of amides is 1. The summed E-state index contributed by atoms with van der Waals surface area (Å²) in [5.74, 6) is 0.0919. The Hall–Kier alpha value is -3.05. The van der Waals surface area contributed by atoms with Gasteiger partial charge in [0, 0.05) is 42.1 Å². The van der Waals surface area contributed by atoms with E-state index in [9.17, 15) is 23.1 Å². The first kappa shape index (κ1) is 21.7. The molecular weight excluding hydrogens is 419 g/mol. The van der Waals surface area contributed by atoms with Crippen molar-refractivity contribution in [3.8, 4) is 11.3 Å².